The van der Waals surface area contributed by atoms with Crippen LogP contribution in [0.3, 0.4) is 0 Å². The molecule has 182 valence electrons. The van der Waals surface area contributed by atoms with Crippen LogP contribution in [0, 0.1) is 5.82 Å². The summed E-state index contributed by atoms with van der Waals surface area (Å²) in [5.74, 6) is -1.63. The van der Waals surface area contributed by atoms with Gasteiger partial charge in [0, 0.05) is 16.5 Å². The first-order chi connectivity index (χ1) is 16.4. The molecule has 0 aliphatic carbocycles. The molecule has 35 heavy (non-hydrogen) atoms. The van der Waals surface area contributed by atoms with E-state index in [0.29, 0.717) is 16.0 Å². The molecule has 0 unspecified atom stereocenters. The zero-order chi connectivity index (χ0) is 25.5. The number of nitrogens with one attached hydrogen (secondary N) is 1. The van der Waals surface area contributed by atoms with E-state index >= 15 is 0 Å². The lowest BCUT2D eigenvalue weighted by Crippen LogP contribution is -2.25. The van der Waals surface area contributed by atoms with Gasteiger partial charge < -0.3 is 0 Å². The van der Waals surface area contributed by atoms with E-state index in [1.54, 1.807) is 6.92 Å². The predicted octanol–water partition coefficient (Wildman–Crippen LogP) is 4.57. The molecule has 0 saturated carbocycles. The molecule has 7 nitrogen and oxygen atoms in total. The number of sulfone groups is 1. The average Bonchev–Trinajstić information content (AvgIpc) is 3.17. The summed E-state index contributed by atoms with van der Waals surface area (Å²) in [5, 5.41) is 0.384. The number of aromatic nitrogens is 1. The fourth-order valence-corrected chi connectivity index (χ4v) is 6.17. The van der Waals surface area contributed by atoms with Gasteiger partial charge in [-0.25, -0.2) is 25.9 Å². The van der Waals surface area contributed by atoms with Crippen LogP contribution in [-0.4, -0.2) is 33.6 Å². The van der Waals surface area contributed by atoms with Crippen molar-refractivity contribution >= 4 is 48.3 Å². The summed E-state index contributed by atoms with van der Waals surface area (Å²) in [7, 11) is -7.72. The number of rotatable bonds is 6. The summed E-state index contributed by atoms with van der Waals surface area (Å²) in [6.07, 6.45) is 1.03. The number of benzene rings is 3. The van der Waals surface area contributed by atoms with Crippen LogP contribution in [0.15, 0.2) is 82.7 Å². The predicted molar refractivity (Wildman–Crippen MR) is 131 cm³/mol. The van der Waals surface area contributed by atoms with Crippen molar-refractivity contribution in [2.75, 3.05) is 6.26 Å². The molecule has 4 aromatic rings. The molecule has 0 radical (unpaired) electrons. The molecular formula is C24H20ClFN2O5S2. The normalized spacial score (nSPS) is 13.1. The molecule has 1 N–H and O–H groups in total. The highest BCUT2D eigenvalue weighted by Gasteiger charge is 2.29. The van der Waals surface area contributed by atoms with Crippen molar-refractivity contribution in [3.63, 3.8) is 0 Å². The summed E-state index contributed by atoms with van der Waals surface area (Å²) in [4.78, 5) is 13.2. The SMILES string of the molecule is C[C@H](NS(C)(=O)=O)c1ccc(S(=O)(=O)c2cc3cc(Cl)ccc3n2C(=O)c2ccccc2F)cc1. The van der Waals surface area contributed by atoms with Crippen LogP contribution in [0.25, 0.3) is 10.9 Å². The van der Waals surface area contributed by atoms with E-state index in [4.69, 9.17) is 11.6 Å². The lowest BCUT2D eigenvalue weighted by molar-refractivity contribution is 0.0951. The molecule has 0 aliphatic heterocycles. The summed E-state index contributed by atoms with van der Waals surface area (Å²) in [5.41, 5.74) is 0.514. The molecule has 0 aliphatic rings. The Bertz CT molecular complexity index is 1660. The van der Waals surface area contributed by atoms with Crippen LogP contribution < -0.4 is 4.72 Å². The van der Waals surface area contributed by atoms with Crippen molar-refractivity contribution in [2.45, 2.75) is 22.9 Å². The fourth-order valence-electron chi connectivity index (χ4n) is 3.77. The second-order valence-electron chi connectivity index (χ2n) is 7.99. The minimum atomic E-state index is -4.25. The number of carbonyl (C=O) groups excluding carboxylic acids is 1. The maximum atomic E-state index is 14.4. The van der Waals surface area contributed by atoms with Crippen LogP contribution in [-0.2, 0) is 19.9 Å². The van der Waals surface area contributed by atoms with E-state index in [1.807, 2.05) is 0 Å². The minimum absolute atomic E-state index is 0.121. The van der Waals surface area contributed by atoms with Gasteiger partial charge in [-0.05, 0) is 61.0 Å². The van der Waals surface area contributed by atoms with E-state index in [0.717, 1.165) is 16.9 Å². The van der Waals surface area contributed by atoms with E-state index in [9.17, 15) is 26.0 Å². The fraction of sp³-hybridized carbons (Fsp3) is 0.125. The van der Waals surface area contributed by atoms with Crippen molar-refractivity contribution in [1.29, 1.82) is 0 Å². The number of hydrogen-bond acceptors (Lipinski definition) is 5. The van der Waals surface area contributed by atoms with Gasteiger partial charge in [-0.15, -0.1) is 0 Å². The lowest BCUT2D eigenvalue weighted by Gasteiger charge is -2.14. The number of nitrogens with zero attached hydrogens (tertiary/aromatic N) is 1. The molecular weight excluding hydrogens is 515 g/mol. The largest absolute Gasteiger partial charge is 0.268 e. The van der Waals surface area contributed by atoms with Crippen LogP contribution in [0.2, 0.25) is 5.02 Å². The Morgan fingerprint density at radius 1 is 0.971 bits per heavy atom. The van der Waals surface area contributed by atoms with E-state index in [2.05, 4.69) is 4.72 Å². The highest BCUT2D eigenvalue weighted by Crippen LogP contribution is 2.31. The van der Waals surface area contributed by atoms with Gasteiger partial charge >= 0.3 is 0 Å². The molecule has 0 spiro atoms. The number of carbonyl (C=O) groups is 1. The monoisotopic (exact) mass is 534 g/mol. The third-order valence-electron chi connectivity index (χ3n) is 5.39. The number of hydrogen-bond donors (Lipinski definition) is 1. The summed E-state index contributed by atoms with van der Waals surface area (Å²) in [6.45, 7) is 1.62. The first kappa shape index (κ1) is 25.1. The zero-order valence-corrected chi connectivity index (χ0v) is 21.0. The second kappa shape index (κ2) is 9.19. The van der Waals surface area contributed by atoms with Crippen molar-refractivity contribution < 1.29 is 26.0 Å². The maximum absolute atomic E-state index is 14.4. The molecule has 4 rings (SSSR count). The van der Waals surface area contributed by atoms with Gasteiger partial charge in [0.25, 0.3) is 5.91 Å². The Hall–Kier alpha value is -3.05. The molecule has 1 heterocycles. The van der Waals surface area contributed by atoms with Crippen LogP contribution >= 0.6 is 11.6 Å². The molecule has 0 fully saturated rings. The van der Waals surface area contributed by atoms with Crippen LogP contribution in [0.4, 0.5) is 4.39 Å². The van der Waals surface area contributed by atoms with E-state index < -0.39 is 37.6 Å². The first-order valence-electron chi connectivity index (χ1n) is 10.3. The van der Waals surface area contributed by atoms with Crippen molar-refractivity contribution in [2.24, 2.45) is 0 Å². The summed E-state index contributed by atoms with van der Waals surface area (Å²) >= 11 is 6.07. The average molecular weight is 535 g/mol. The number of fused-ring (bicyclic) bond motifs is 1. The van der Waals surface area contributed by atoms with Crippen molar-refractivity contribution in [3.05, 3.63) is 94.8 Å². The molecule has 0 saturated heterocycles. The first-order valence-corrected chi connectivity index (χ1v) is 14.1. The van der Waals surface area contributed by atoms with E-state index in [1.165, 1.54) is 66.7 Å². The van der Waals surface area contributed by atoms with Crippen LogP contribution in [0.1, 0.15) is 28.9 Å². The van der Waals surface area contributed by atoms with Gasteiger partial charge in [0.2, 0.25) is 19.9 Å². The third-order valence-corrected chi connectivity index (χ3v) is 8.15. The molecule has 11 heteroatoms. The Balaban J connectivity index is 1.85. The Morgan fingerprint density at radius 2 is 1.63 bits per heavy atom. The Labute approximate surface area is 207 Å². The molecule has 0 amide bonds. The van der Waals surface area contributed by atoms with Gasteiger partial charge in [-0.1, -0.05) is 35.9 Å². The highest BCUT2D eigenvalue weighted by molar-refractivity contribution is 7.91. The summed E-state index contributed by atoms with van der Waals surface area (Å²) < 4.78 is 68.1. The standard InChI is InChI=1S/C24H20ClFN2O5S2/c1-15(27-34(2,30)31)16-7-10-19(11-8-16)35(32,33)23-14-17-13-18(25)9-12-22(17)28(23)24(29)20-5-3-4-6-21(20)26/h3-15,27H,1-2H3/t15-/m0/s1. The highest BCUT2D eigenvalue weighted by atomic mass is 35.5. The molecule has 3 aromatic carbocycles. The smallest absolute Gasteiger partial charge is 0.266 e. The van der Waals surface area contributed by atoms with Gasteiger partial charge in [0.15, 0.2) is 0 Å². The van der Waals surface area contributed by atoms with Crippen molar-refractivity contribution in [3.8, 4) is 0 Å². The quantitative estimate of drug-likeness (QED) is 0.390. The van der Waals surface area contributed by atoms with Gasteiger partial charge in [0.1, 0.15) is 10.8 Å². The zero-order valence-electron chi connectivity index (χ0n) is 18.6. The van der Waals surface area contributed by atoms with Gasteiger partial charge in [0.05, 0.1) is 22.2 Å². The Morgan fingerprint density at radius 3 is 2.26 bits per heavy atom. The molecule has 1 aromatic heterocycles. The topological polar surface area (TPSA) is 102 Å². The second-order valence-corrected chi connectivity index (χ2v) is 12.1. The lowest BCUT2D eigenvalue weighted by atomic mass is 10.1. The molecule has 0 bridgehead atoms. The van der Waals surface area contributed by atoms with E-state index in [-0.39, 0.29) is 21.0 Å². The third kappa shape index (κ3) is 5.01. The number of sulfonamides is 1. The van der Waals surface area contributed by atoms with Gasteiger partial charge in [-0.2, -0.15) is 0 Å². The minimum Gasteiger partial charge on any atom is -0.268 e. The summed E-state index contributed by atoms with van der Waals surface area (Å²) in [6, 6.07) is 16.2. The number of halogens is 2. The van der Waals surface area contributed by atoms with Crippen LogP contribution in [0.5, 0.6) is 0 Å². The van der Waals surface area contributed by atoms with Gasteiger partial charge in [-0.3, -0.25) is 9.36 Å². The van der Waals surface area contributed by atoms with Crippen molar-refractivity contribution in [1.82, 2.24) is 9.29 Å². The Kier molecular flexibility index (Phi) is 6.58. The molecule has 1 atom stereocenters. The maximum Gasteiger partial charge on any atom is 0.266 e.